The van der Waals surface area contributed by atoms with Crippen LogP contribution in [0, 0.1) is 0 Å². The molecule has 0 aliphatic rings. The van der Waals surface area contributed by atoms with Gasteiger partial charge in [-0.1, -0.05) is 24.8 Å². The number of aromatic nitrogens is 2. The molecule has 3 aromatic rings. The summed E-state index contributed by atoms with van der Waals surface area (Å²) in [6.07, 6.45) is 5.06. The van der Waals surface area contributed by atoms with E-state index in [-0.39, 0.29) is 17.2 Å². The monoisotopic (exact) mass is 316 g/mol. The highest BCUT2D eigenvalue weighted by molar-refractivity contribution is 6.29. The lowest BCUT2D eigenvalue weighted by molar-refractivity contribution is 0.105. The molecule has 1 aromatic carbocycles. The van der Waals surface area contributed by atoms with Crippen LogP contribution in [0.25, 0.3) is 16.7 Å². The van der Waals surface area contributed by atoms with E-state index in [0.29, 0.717) is 16.8 Å². The molecule has 0 radical (unpaired) electrons. The minimum absolute atomic E-state index is 0.237. The van der Waals surface area contributed by atoms with Gasteiger partial charge < -0.3 is 11.5 Å². The van der Waals surface area contributed by atoms with Gasteiger partial charge in [-0.3, -0.25) is 9.78 Å². The van der Waals surface area contributed by atoms with E-state index < -0.39 is 0 Å². The Bertz CT molecular complexity index is 920. The number of ketones is 1. The predicted molar refractivity (Wildman–Crippen MR) is 96.1 cm³/mol. The largest absolute Gasteiger partial charge is 0.399 e. The molecule has 0 saturated carbocycles. The predicted octanol–water partition coefficient (Wildman–Crippen LogP) is 3.20. The van der Waals surface area contributed by atoms with Gasteiger partial charge in [0, 0.05) is 52.1 Å². The highest BCUT2D eigenvalue weighted by Crippen LogP contribution is 2.27. The van der Waals surface area contributed by atoms with Crippen molar-refractivity contribution in [3.8, 4) is 11.1 Å². The maximum absolute atomic E-state index is 12.6. The molecule has 5 heteroatoms. The van der Waals surface area contributed by atoms with Gasteiger partial charge in [0.2, 0.25) is 0 Å². The standard InChI is InChI=1S/C19H16N4O/c1-12(18(24)13-4-2-6-16(20)8-13)17-9-15(11-23-19(17)21)14-5-3-7-22-10-14/h2-11H,1,20H2,(H2,21,23). The van der Waals surface area contributed by atoms with Crippen LogP contribution in [0.15, 0.2) is 67.6 Å². The minimum Gasteiger partial charge on any atom is -0.399 e. The molecule has 0 spiro atoms. The van der Waals surface area contributed by atoms with Crippen molar-refractivity contribution in [2.24, 2.45) is 0 Å². The summed E-state index contributed by atoms with van der Waals surface area (Å²) in [4.78, 5) is 20.9. The molecule has 2 heterocycles. The summed E-state index contributed by atoms with van der Waals surface area (Å²) in [5.41, 5.74) is 15.1. The number of nitrogen functional groups attached to an aromatic ring is 2. The van der Waals surface area contributed by atoms with E-state index in [4.69, 9.17) is 11.5 Å². The Morgan fingerprint density at radius 3 is 2.54 bits per heavy atom. The number of allylic oxidation sites excluding steroid dienone is 1. The summed E-state index contributed by atoms with van der Waals surface area (Å²) in [6.45, 7) is 3.90. The number of hydrogen-bond donors (Lipinski definition) is 2. The first-order valence-electron chi connectivity index (χ1n) is 7.31. The zero-order chi connectivity index (χ0) is 17.1. The summed E-state index contributed by atoms with van der Waals surface area (Å²) in [7, 11) is 0. The Labute approximate surface area is 139 Å². The number of hydrogen-bond acceptors (Lipinski definition) is 5. The summed E-state index contributed by atoms with van der Waals surface area (Å²) in [5, 5.41) is 0. The van der Waals surface area contributed by atoms with Crippen LogP contribution in [0.5, 0.6) is 0 Å². The third kappa shape index (κ3) is 3.01. The Balaban J connectivity index is 1.99. The summed E-state index contributed by atoms with van der Waals surface area (Å²) in [5.74, 6) is 0.0176. The first kappa shape index (κ1) is 15.4. The molecule has 0 fully saturated rings. The van der Waals surface area contributed by atoms with Crippen LogP contribution in [0.1, 0.15) is 15.9 Å². The Kier molecular flexibility index (Phi) is 4.07. The first-order chi connectivity index (χ1) is 11.6. The summed E-state index contributed by atoms with van der Waals surface area (Å²) >= 11 is 0. The normalized spacial score (nSPS) is 10.3. The Morgan fingerprint density at radius 2 is 1.83 bits per heavy atom. The van der Waals surface area contributed by atoms with E-state index in [1.165, 1.54) is 0 Å². The maximum Gasteiger partial charge on any atom is 0.193 e. The van der Waals surface area contributed by atoms with Crippen LogP contribution in [-0.2, 0) is 0 Å². The number of Topliss-reactive ketones (excluding diaryl/α,β-unsaturated/α-hetero) is 1. The molecule has 4 N–H and O–H groups in total. The molecule has 2 aromatic heterocycles. The number of carbonyl (C=O) groups excluding carboxylic acids is 1. The van der Waals surface area contributed by atoms with Crippen LogP contribution >= 0.6 is 0 Å². The number of anilines is 2. The topological polar surface area (TPSA) is 94.9 Å². The van der Waals surface area contributed by atoms with Gasteiger partial charge in [0.15, 0.2) is 5.78 Å². The number of nitrogens with zero attached hydrogens (tertiary/aromatic N) is 2. The Hall–Kier alpha value is -3.47. The fraction of sp³-hybridized carbons (Fsp3) is 0. The van der Waals surface area contributed by atoms with Crippen molar-refractivity contribution >= 4 is 22.9 Å². The minimum atomic E-state index is -0.237. The third-order valence-electron chi connectivity index (χ3n) is 3.66. The third-order valence-corrected chi connectivity index (χ3v) is 3.66. The lowest BCUT2D eigenvalue weighted by Crippen LogP contribution is -2.06. The van der Waals surface area contributed by atoms with Gasteiger partial charge in [-0.15, -0.1) is 0 Å². The van der Waals surface area contributed by atoms with Crippen molar-refractivity contribution in [2.45, 2.75) is 0 Å². The summed E-state index contributed by atoms with van der Waals surface area (Å²) < 4.78 is 0. The fourth-order valence-electron chi connectivity index (χ4n) is 2.38. The van der Waals surface area contributed by atoms with E-state index in [1.54, 1.807) is 48.9 Å². The zero-order valence-electron chi connectivity index (χ0n) is 12.9. The van der Waals surface area contributed by atoms with E-state index in [9.17, 15) is 4.79 Å². The number of carbonyl (C=O) groups is 1. The van der Waals surface area contributed by atoms with Crippen LogP contribution in [0.2, 0.25) is 0 Å². The molecule has 0 aliphatic carbocycles. The van der Waals surface area contributed by atoms with Gasteiger partial charge in [-0.2, -0.15) is 0 Å². The molecular formula is C19H16N4O. The van der Waals surface area contributed by atoms with Gasteiger partial charge >= 0.3 is 0 Å². The average molecular weight is 316 g/mol. The second kappa shape index (κ2) is 6.34. The van der Waals surface area contributed by atoms with Crippen molar-refractivity contribution in [3.63, 3.8) is 0 Å². The molecule has 0 saturated heterocycles. The molecule has 5 nitrogen and oxygen atoms in total. The van der Waals surface area contributed by atoms with E-state index >= 15 is 0 Å². The van der Waals surface area contributed by atoms with Crippen LogP contribution in [0.4, 0.5) is 11.5 Å². The van der Waals surface area contributed by atoms with Gasteiger partial charge in [0.05, 0.1) is 0 Å². The average Bonchev–Trinajstić information content (AvgIpc) is 2.61. The Morgan fingerprint density at radius 1 is 1.00 bits per heavy atom. The highest BCUT2D eigenvalue weighted by atomic mass is 16.1. The van der Waals surface area contributed by atoms with Gasteiger partial charge in [0.1, 0.15) is 5.82 Å². The highest BCUT2D eigenvalue weighted by Gasteiger charge is 2.16. The lowest BCUT2D eigenvalue weighted by Gasteiger charge is -2.10. The number of benzene rings is 1. The van der Waals surface area contributed by atoms with Crippen molar-refractivity contribution in [3.05, 3.63) is 78.8 Å². The molecule has 0 amide bonds. The molecule has 24 heavy (non-hydrogen) atoms. The smallest absolute Gasteiger partial charge is 0.193 e. The van der Waals surface area contributed by atoms with Crippen molar-refractivity contribution in [1.82, 2.24) is 9.97 Å². The van der Waals surface area contributed by atoms with E-state index in [1.807, 2.05) is 12.1 Å². The summed E-state index contributed by atoms with van der Waals surface area (Å²) in [6, 6.07) is 12.3. The number of pyridine rings is 2. The van der Waals surface area contributed by atoms with Gasteiger partial charge in [0.25, 0.3) is 0 Å². The van der Waals surface area contributed by atoms with Crippen LogP contribution < -0.4 is 11.5 Å². The molecule has 0 atom stereocenters. The fourth-order valence-corrected chi connectivity index (χ4v) is 2.38. The molecule has 118 valence electrons. The van der Waals surface area contributed by atoms with Gasteiger partial charge in [-0.25, -0.2) is 4.98 Å². The van der Waals surface area contributed by atoms with Crippen LogP contribution in [0.3, 0.4) is 0 Å². The first-order valence-corrected chi connectivity index (χ1v) is 7.31. The van der Waals surface area contributed by atoms with Crippen molar-refractivity contribution in [2.75, 3.05) is 11.5 Å². The number of rotatable bonds is 4. The zero-order valence-corrected chi connectivity index (χ0v) is 12.9. The molecule has 0 aliphatic heterocycles. The molecule has 0 bridgehead atoms. The van der Waals surface area contributed by atoms with Crippen molar-refractivity contribution < 1.29 is 4.79 Å². The maximum atomic E-state index is 12.6. The van der Waals surface area contributed by atoms with Gasteiger partial charge in [-0.05, 0) is 24.3 Å². The molecular weight excluding hydrogens is 300 g/mol. The molecule has 3 rings (SSSR count). The SMILES string of the molecule is C=C(C(=O)c1cccc(N)c1)c1cc(-c2cccnc2)cnc1N. The second-order valence-corrected chi connectivity index (χ2v) is 5.33. The van der Waals surface area contributed by atoms with Crippen molar-refractivity contribution in [1.29, 1.82) is 0 Å². The van der Waals surface area contributed by atoms with E-state index in [0.717, 1.165) is 11.1 Å². The second-order valence-electron chi connectivity index (χ2n) is 5.33. The molecule has 0 unspecified atom stereocenters. The number of nitrogens with two attached hydrogens (primary N) is 2. The lowest BCUT2D eigenvalue weighted by atomic mass is 9.96. The van der Waals surface area contributed by atoms with E-state index in [2.05, 4.69) is 16.5 Å². The quantitative estimate of drug-likeness (QED) is 0.438. The van der Waals surface area contributed by atoms with Crippen LogP contribution in [-0.4, -0.2) is 15.8 Å².